The van der Waals surface area contributed by atoms with E-state index in [9.17, 15) is 14.0 Å². The minimum atomic E-state index is -0.766. The summed E-state index contributed by atoms with van der Waals surface area (Å²) in [6.45, 7) is 9.01. The largest absolute Gasteiger partial charge is 0.444 e. The lowest BCUT2D eigenvalue weighted by atomic mass is 10.1. The third kappa shape index (κ3) is 5.80. The van der Waals surface area contributed by atoms with Gasteiger partial charge in [-0.05, 0) is 64.8 Å². The van der Waals surface area contributed by atoms with Crippen LogP contribution in [0.4, 0.5) is 20.6 Å². The van der Waals surface area contributed by atoms with Gasteiger partial charge >= 0.3 is 6.09 Å². The SMILES string of the molecule is Cc1nn(C)c(C)c1CCC(=O)Nc1ccc(F)c(NC(=O)OC(C)(C)C)c1. The Morgan fingerprint density at radius 2 is 1.89 bits per heavy atom. The highest BCUT2D eigenvalue weighted by molar-refractivity contribution is 5.92. The molecule has 0 saturated carbocycles. The number of aromatic nitrogens is 2. The quantitative estimate of drug-likeness (QED) is 0.805. The van der Waals surface area contributed by atoms with Gasteiger partial charge in [0.15, 0.2) is 0 Å². The van der Waals surface area contributed by atoms with Gasteiger partial charge in [0.25, 0.3) is 0 Å². The molecule has 1 heterocycles. The summed E-state index contributed by atoms with van der Waals surface area (Å²) < 4.78 is 20.9. The van der Waals surface area contributed by atoms with Gasteiger partial charge in [0.2, 0.25) is 5.91 Å². The van der Waals surface area contributed by atoms with Gasteiger partial charge in [-0.3, -0.25) is 14.8 Å². The zero-order valence-electron chi connectivity index (χ0n) is 17.1. The van der Waals surface area contributed by atoms with Crippen LogP contribution in [0.3, 0.4) is 0 Å². The summed E-state index contributed by atoms with van der Waals surface area (Å²) in [5.74, 6) is -0.831. The van der Waals surface area contributed by atoms with E-state index in [2.05, 4.69) is 15.7 Å². The third-order valence-electron chi connectivity index (χ3n) is 4.15. The molecule has 1 aromatic heterocycles. The number of rotatable bonds is 5. The van der Waals surface area contributed by atoms with Crippen LogP contribution in [0.5, 0.6) is 0 Å². The van der Waals surface area contributed by atoms with Gasteiger partial charge in [-0.1, -0.05) is 0 Å². The van der Waals surface area contributed by atoms with Crippen molar-refractivity contribution in [3.8, 4) is 0 Å². The Hall–Kier alpha value is -2.90. The number of hydrogen-bond acceptors (Lipinski definition) is 4. The van der Waals surface area contributed by atoms with E-state index in [1.807, 2.05) is 20.9 Å². The Bertz CT molecular complexity index is 884. The number of carbonyl (C=O) groups is 2. The lowest BCUT2D eigenvalue weighted by molar-refractivity contribution is -0.116. The Balaban J connectivity index is 2.00. The summed E-state index contributed by atoms with van der Waals surface area (Å²) in [5.41, 5.74) is 2.59. The van der Waals surface area contributed by atoms with Crippen LogP contribution in [0, 0.1) is 19.7 Å². The maximum atomic E-state index is 14.0. The molecular weight excluding hydrogens is 363 g/mol. The molecule has 28 heavy (non-hydrogen) atoms. The maximum absolute atomic E-state index is 14.0. The number of nitrogens with one attached hydrogen (secondary N) is 2. The second-order valence-electron chi connectivity index (χ2n) is 7.64. The molecule has 2 N–H and O–H groups in total. The third-order valence-corrected chi connectivity index (χ3v) is 4.15. The fourth-order valence-electron chi connectivity index (χ4n) is 2.75. The fourth-order valence-corrected chi connectivity index (χ4v) is 2.75. The second-order valence-corrected chi connectivity index (χ2v) is 7.64. The molecule has 8 heteroatoms. The van der Waals surface area contributed by atoms with Gasteiger partial charge < -0.3 is 10.1 Å². The van der Waals surface area contributed by atoms with Crippen molar-refractivity contribution in [1.82, 2.24) is 9.78 Å². The number of ether oxygens (including phenoxy) is 1. The second kappa shape index (κ2) is 8.41. The number of aryl methyl sites for hydroxylation is 2. The van der Waals surface area contributed by atoms with E-state index < -0.39 is 17.5 Å². The fraction of sp³-hybridized carbons (Fsp3) is 0.450. The predicted octanol–water partition coefficient (Wildman–Crippen LogP) is 4.09. The first kappa shape index (κ1) is 21.4. The topological polar surface area (TPSA) is 85.3 Å². The number of amides is 2. The molecule has 0 saturated heterocycles. The number of nitrogens with zero attached hydrogens (tertiary/aromatic N) is 2. The summed E-state index contributed by atoms with van der Waals surface area (Å²) in [4.78, 5) is 24.1. The maximum Gasteiger partial charge on any atom is 0.412 e. The first-order chi connectivity index (χ1) is 13.0. The Kier molecular flexibility index (Phi) is 6.43. The summed E-state index contributed by atoms with van der Waals surface area (Å²) in [5, 5.41) is 9.42. The number of carbonyl (C=O) groups excluding carboxylic acids is 2. The number of anilines is 2. The summed E-state index contributed by atoms with van der Waals surface area (Å²) >= 11 is 0. The van der Waals surface area contributed by atoms with Gasteiger partial charge in [0, 0.05) is 24.8 Å². The lowest BCUT2D eigenvalue weighted by Gasteiger charge is -2.20. The zero-order chi connectivity index (χ0) is 21.1. The minimum Gasteiger partial charge on any atom is -0.444 e. The van der Waals surface area contributed by atoms with Crippen molar-refractivity contribution >= 4 is 23.4 Å². The molecule has 2 amide bonds. The van der Waals surface area contributed by atoms with Gasteiger partial charge in [0.1, 0.15) is 11.4 Å². The predicted molar refractivity (Wildman–Crippen MR) is 106 cm³/mol. The van der Waals surface area contributed by atoms with Gasteiger partial charge in [-0.2, -0.15) is 5.10 Å². The first-order valence-corrected chi connectivity index (χ1v) is 9.05. The molecule has 152 valence electrons. The summed E-state index contributed by atoms with van der Waals surface area (Å²) in [6, 6.07) is 3.98. The van der Waals surface area contributed by atoms with Crippen molar-refractivity contribution in [2.75, 3.05) is 10.6 Å². The van der Waals surface area contributed by atoms with Gasteiger partial charge in [-0.15, -0.1) is 0 Å². The van der Waals surface area contributed by atoms with Crippen LogP contribution in [-0.2, 0) is 23.0 Å². The Morgan fingerprint density at radius 1 is 1.21 bits per heavy atom. The Morgan fingerprint density at radius 3 is 2.46 bits per heavy atom. The molecule has 0 aliphatic rings. The van der Waals surface area contributed by atoms with E-state index >= 15 is 0 Å². The van der Waals surface area contributed by atoms with E-state index in [0.717, 1.165) is 17.0 Å². The first-order valence-electron chi connectivity index (χ1n) is 9.05. The summed E-state index contributed by atoms with van der Waals surface area (Å²) in [7, 11) is 1.86. The molecule has 0 aliphatic carbocycles. The van der Waals surface area contributed by atoms with Gasteiger partial charge in [-0.25, -0.2) is 9.18 Å². The molecule has 2 rings (SSSR count). The van der Waals surface area contributed by atoms with Crippen molar-refractivity contribution in [2.45, 2.75) is 53.1 Å². The van der Waals surface area contributed by atoms with E-state index in [4.69, 9.17) is 4.74 Å². The van der Waals surface area contributed by atoms with Crippen LogP contribution in [0.15, 0.2) is 18.2 Å². The van der Waals surface area contributed by atoms with Crippen LogP contribution in [-0.4, -0.2) is 27.4 Å². The van der Waals surface area contributed by atoms with Crippen molar-refractivity contribution in [3.05, 3.63) is 41.0 Å². The van der Waals surface area contributed by atoms with Crippen molar-refractivity contribution in [2.24, 2.45) is 7.05 Å². The molecule has 0 aliphatic heterocycles. The molecule has 7 nitrogen and oxygen atoms in total. The molecule has 0 bridgehead atoms. The number of benzene rings is 1. The van der Waals surface area contributed by atoms with Crippen LogP contribution in [0.25, 0.3) is 0 Å². The smallest absolute Gasteiger partial charge is 0.412 e. The van der Waals surface area contributed by atoms with E-state index in [1.54, 1.807) is 25.5 Å². The normalized spacial score (nSPS) is 11.2. The summed E-state index contributed by atoms with van der Waals surface area (Å²) in [6.07, 6.45) is 0.0543. The van der Waals surface area contributed by atoms with Crippen molar-refractivity contribution in [1.29, 1.82) is 0 Å². The van der Waals surface area contributed by atoms with Crippen LogP contribution in [0.1, 0.15) is 44.1 Å². The molecule has 0 radical (unpaired) electrons. The average molecular weight is 390 g/mol. The van der Waals surface area contributed by atoms with Crippen molar-refractivity contribution in [3.63, 3.8) is 0 Å². The average Bonchev–Trinajstić information content (AvgIpc) is 2.79. The van der Waals surface area contributed by atoms with E-state index in [1.165, 1.54) is 18.2 Å². The van der Waals surface area contributed by atoms with E-state index in [0.29, 0.717) is 12.1 Å². The highest BCUT2D eigenvalue weighted by Gasteiger charge is 2.18. The number of hydrogen-bond donors (Lipinski definition) is 2. The molecule has 1 aromatic carbocycles. The molecule has 0 atom stereocenters. The van der Waals surface area contributed by atoms with Crippen LogP contribution in [0.2, 0.25) is 0 Å². The Labute approximate surface area is 164 Å². The molecule has 0 unspecified atom stereocenters. The monoisotopic (exact) mass is 390 g/mol. The number of halogens is 1. The van der Waals surface area contributed by atoms with Crippen molar-refractivity contribution < 1.29 is 18.7 Å². The molecular formula is C20H27FN4O3. The van der Waals surface area contributed by atoms with E-state index in [-0.39, 0.29) is 18.0 Å². The highest BCUT2D eigenvalue weighted by atomic mass is 19.1. The molecule has 0 spiro atoms. The molecule has 2 aromatic rings. The standard InChI is InChI=1S/C20H27FN4O3/c1-12-15(13(2)25(6)24-12)8-10-18(26)22-14-7-9-16(21)17(11-14)23-19(27)28-20(3,4)5/h7,9,11H,8,10H2,1-6H3,(H,22,26)(H,23,27). The molecule has 0 fully saturated rings. The minimum absolute atomic E-state index is 0.0639. The zero-order valence-corrected chi connectivity index (χ0v) is 17.1. The van der Waals surface area contributed by atoms with Gasteiger partial charge in [0.05, 0.1) is 11.4 Å². The van der Waals surface area contributed by atoms with Crippen LogP contribution < -0.4 is 10.6 Å². The highest BCUT2D eigenvalue weighted by Crippen LogP contribution is 2.21. The lowest BCUT2D eigenvalue weighted by Crippen LogP contribution is -2.27. The van der Waals surface area contributed by atoms with Crippen LogP contribution >= 0.6 is 0 Å².